The van der Waals surface area contributed by atoms with Crippen LogP contribution in [-0.2, 0) is 17.6 Å². The molecule has 0 aliphatic heterocycles. The first-order valence-electron chi connectivity index (χ1n) is 7.55. The van der Waals surface area contributed by atoms with Crippen LogP contribution in [0.2, 0.25) is 0 Å². The summed E-state index contributed by atoms with van der Waals surface area (Å²) < 4.78 is 4.88. The van der Waals surface area contributed by atoms with Gasteiger partial charge in [-0.05, 0) is 42.7 Å². The van der Waals surface area contributed by atoms with Crippen molar-refractivity contribution in [2.75, 3.05) is 12.4 Å². The Labute approximate surface area is 147 Å². The van der Waals surface area contributed by atoms with E-state index < -0.39 is 12.0 Å². The van der Waals surface area contributed by atoms with Crippen LogP contribution in [0.3, 0.4) is 0 Å². The Morgan fingerprint density at radius 2 is 2.17 bits per heavy atom. The fraction of sp³-hybridized carbons (Fsp3) is 0.312. The molecule has 0 aromatic carbocycles. The third-order valence-electron chi connectivity index (χ3n) is 3.69. The van der Waals surface area contributed by atoms with Crippen molar-refractivity contribution in [3.05, 3.63) is 38.4 Å². The second kappa shape index (κ2) is 7.59. The van der Waals surface area contributed by atoms with E-state index in [0.29, 0.717) is 10.6 Å². The molecule has 2 amide bonds. The van der Waals surface area contributed by atoms with Crippen LogP contribution in [0.25, 0.3) is 0 Å². The molecule has 0 unspecified atom stereocenters. The molecule has 0 atom stereocenters. The van der Waals surface area contributed by atoms with Crippen molar-refractivity contribution in [3.63, 3.8) is 0 Å². The zero-order valence-corrected chi connectivity index (χ0v) is 14.8. The lowest BCUT2D eigenvalue weighted by atomic mass is 9.95. The zero-order valence-electron chi connectivity index (χ0n) is 13.1. The van der Waals surface area contributed by atoms with Gasteiger partial charge in [0.25, 0.3) is 0 Å². The molecule has 2 aromatic rings. The van der Waals surface area contributed by atoms with Crippen LogP contribution in [0.1, 0.15) is 38.5 Å². The van der Waals surface area contributed by atoms with Crippen molar-refractivity contribution in [3.8, 4) is 0 Å². The van der Waals surface area contributed by atoms with Crippen LogP contribution in [0.15, 0.2) is 22.6 Å². The first-order chi connectivity index (χ1) is 11.7. The molecule has 2 aromatic heterocycles. The van der Waals surface area contributed by atoms with E-state index in [-0.39, 0.29) is 0 Å². The van der Waals surface area contributed by atoms with E-state index in [1.54, 1.807) is 6.21 Å². The van der Waals surface area contributed by atoms with Gasteiger partial charge in [-0.25, -0.2) is 15.0 Å². The topological polar surface area (TPSA) is 79.8 Å². The van der Waals surface area contributed by atoms with Gasteiger partial charge in [-0.3, -0.25) is 5.32 Å². The highest BCUT2D eigenvalue weighted by Crippen LogP contribution is 2.38. The number of ether oxygens (including phenoxy) is 1. The molecule has 0 saturated carbocycles. The van der Waals surface area contributed by atoms with Gasteiger partial charge in [0.1, 0.15) is 5.00 Å². The second-order valence-electron chi connectivity index (χ2n) is 5.25. The van der Waals surface area contributed by atoms with Crippen LogP contribution in [0, 0.1) is 0 Å². The number of anilines is 1. The van der Waals surface area contributed by atoms with E-state index in [2.05, 4.69) is 15.8 Å². The highest BCUT2D eigenvalue weighted by molar-refractivity contribution is 7.17. The smallest absolute Gasteiger partial charge is 0.341 e. The number of fused-ring (bicyclic) bond motifs is 1. The van der Waals surface area contributed by atoms with Gasteiger partial charge >= 0.3 is 12.0 Å². The number of hydrogen-bond acceptors (Lipinski definition) is 6. The fourth-order valence-corrected chi connectivity index (χ4v) is 4.48. The summed E-state index contributed by atoms with van der Waals surface area (Å²) in [7, 11) is 1.35. The van der Waals surface area contributed by atoms with E-state index in [9.17, 15) is 9.59 Å². The SMILES string of the molecule is COC(=O)c1c(NC(=O)NN=Cc2cccs2)sc2c1CCCC2. The maximum absolute atomic E-state index is 12.1. The number of carbonyl (C=O) groups excluding carboxylic acids is 2. The zero-order chi connectivity index (χ0) is 16.9. The van der Waals surface area contributed by atoms with Gasteiger partial charge < -0.3 is 4.74 Å². The molecule has 0 bridgehead atoms. The Balaban J connectivity index is 1.73. The van der Waals surface area contributed by atoms with Crippen molar-refractivity contribution in [2.45, 2.75) is 25.7 Å². The number of aryl methyl sites for hydroxylation is 1. The number of hydrazone groups is 1. The Bertz CT molecular complexity index is 766. The number of carbonyl (C=O) groups is 2. The summed E-state index contributed by atoms with van der Waals surface area (Å²) in [5, 5.41) is 9.07. The largest absolute Gasteiger partial charge is 0.465 e. The van der Waals surface area contributed by atoms with Crippen LogP contribution < -0.4 is 10.7 Å². The summed E-state index contributed by atoms with van der Waals surface area (Å²) in [6.07, 6.45) is 5.50. The van der Waals surface area contributed by atoms with E-state index in [0.717, 1.165) is 41.0 Å². The molecular formula is C16H17N3O3S2. The second-order valence-corrected chi connectivity index (χ2v) is 7.33. The number of esters is 1. The van der Waals surface area contributed by atoms with Gasteiger partial charge in [0.15, 0.2) is 0 Å². The lowest BCUT2D eigenvalue weighted by molar-refractivity contribution is 0.0601. The summed E-state index contributed by atoms with van der Waals surface area (Å²) in [6, 6.07) is 3.33. The number of hydrogen-bond donors (Lipinski definition) is 2. The average Bonchev–Trinajstić information content (AvgIpc) is 3.21. The summed E-state index contributed by atoms with van der Waals surface area (Å²) in [5.41, 5.74) is 3.91. The van der Waals surface area contributed by atoms with Crippen molar-refractivity contribution >= 4 is 45.9 Å². The minimum Gasteiger partial charge on any atom is -0.465 e. The number of amides is 2. The highest BCUT2D eigenvalue weighted by atomic mass is 32.1. The molecule has 1 aliphatic rings. The van der Waals surface area contributed by atoms with Crippen molar-refractivity contribution in [2.24, 2.45) is 5.10 Å². The number of methoxy groups -OCH3 is 1. The Hall–Kier alpha value is -2.19. The van der Waals surface area contributed by atoms with Gasteiger partial charge in [-0.1, -0.05) is 6.07 Å². The molecule has 2 N–H and O–H groups in total. The number of nitrogens with zero attached hydrogens (tertiary/aromatic N) is 1. The third-order valence-corrected chi connectivity index (χ3v) is 5.70. The normalized spacial score (nSPS) is 13.5. The highest BCUT2D eigenvalue weighted by Gasteiger charge is 2.26. The Kier molecular flexibility index (Phi) is 5.27. The molecule has 0 saturated heterocycles. The molecule has 3 rings (SSSR count). The maximum Gasteiger partial charge on any atom is 0.341 e. The molecule has 8 heteroatoms. The van der Waals surface area contributed by atoms with Crippen molar-refractivity contribution in [1.82, 2.24) is 5.43 Å². The molecule has 2 heterocycles. The molecule has 1 aliphatic carbocycles. The Morgan fingerprint density at radius 3 is 2.92 bits per heavy atom. The first-order valence-corrected chi connectivity index (χ1v) is 9.25. The van der Waals surface area contributed by atoms with E-state index in [1.807, 2.05) is 17.5 Å². The van der Waals surface area contributed by atoms with Crippen molar-refractivity contribution in [1.29, 1.82) is 0 Å². The van der Waals surface area contributed by atoms with Crippen molar-refractivity contribution < 1.29 is 14.3 Å². The summed E-state index contributed by atoms with van der Waals surface area (Å²) >= 11 is 2.97. The van der Waals surface area contributed by atoms with Gasteiger partial charge in [0.05, 0.1) is 18.9 Å². The van der Waals surface area contributed by atoms with Crippen LogP contribution in [0.5, 0.6) is 0 Å². The predicted octanol–water partition coefficient (Wildman–Crippen LogP) is 3.63. The van der Waals surface area contributed by atoms with Gasteiger partial charge in [0, 0.05) is 9.75 Å². The standard InChI is InChI=1S/C16H17N3O3S2/c1-22-15(20)13-11-6-2-3-7-12(11)24-14(13)18-16(21)19-17-9-10-5-4-8-23-10/h4-5,8-9H,2-3,6-7H2,1H3,(H2,18,19,21). The van der Waals surface area contributed by atoms with E-state index in [4.69, 9.17) is 4.74 Å². The molecule has 0 fully saturated rings. The number of urea groups is 1. The number of rotatable bonds is 4. The minimum absolute atomic E-state index is 0.410. The molecule has 0 spiro atoms. The van der Waals surface area contributed by atoms with Gasteiger partial charge in [0.2, 0.25) is 0 Å². The summed E-state index contributed by atoms with van der Waals surface area (Å²) in [6.45, 7) is 0. The lowest BCUT2D eigenvalue weighted by Gasteiger charge is -2.11. The molecular weight excluding hydrogens is 346 g/mol. The first kappa shape index (κ1) is 16.7. The lowest BCUT2D eigenvalue weighted by Crippen LogP contribution is -2.24. The van der Waals surface area contributed by atoms with E-state index >= 15 is 0 Å². The number of thiophene rings is 2. The van der Waals surface area contributed by atoms with Crippen LogP contribution in [0.4, 0.5) is 9.80 Å². The van der Waals surface area contributed by atoms with Gasteiger partial charge in [-0.15, -0.1) is 22.7 Å². The fourth-order valence-electron chi connectivity index (χ4n) is 2.62. The van der Waals surface area contributed by atoms with E-state index in [1.165, 1.54) is 29.8 Å². The van der Waals surface area contributed by atoms with Crippen LogP contribution >= 0.6 is 22.7 Å². The Morgan fingerprint density at radius 1 is 1.33 bits per heavy atom. The summed E-state index contributed by atoms with van der Waals surface area (Å²) in [4.78, 5) is 26.2. The summed E-state index contributed by atoms with van der Waals surface area (Å²) in [5.74, 6) is -0.410. The molecule has 24 heavy (non-hydrogen) atoms. The monoisotopic (exact) mass is 363 g/mol. The minimum atomic E-state index is -0.480. The third kappa shape index (κ3) is 3.65. The molecule has 6 nitrogen and oxygen atoms in total. The van der Waals surface area contributed by atoms with Gasteiger partial charge in [-0.2, -0.15) is 5.10 Å². The average molecular weight is 363 g/mol. The number of nitrogens with one attached hydrogen (secondary N) is 2. The maximum atomic E-state index is 12.1. The van der Waals surface area contributed by atoms with Crippen LogP contribution in [-0.4, -0.2) is 25.3 Å². The predicted molar refractivity (Wildman–Crippen MR) is 96.4 cm³/mol. The quantitative estimate of drug-likeness (QED) is 0.494. The molecule has 126 valence electrons. The molecule has 0 radical (unpaired) electrons.